The molecule has 0 radical (unpaired) electrons. The lowest BCUT2D eigenvalue weighted by Crippen LogP contribution is -2.31. The van der Waals surface area contributed by atoms with Gasteiger partial charge in [-0.2, -0.15) is 5.10 Å². The molecule has 1 aliphatic heterocycles. The average Bonchev–Trinajstić information content (AvgIpc) is 3.38. The van der Waals surface area contributed by atoms with Crippen LogP contribution in [0.3, 0.4) is 0 Å². The van der Waals surface area contributed by atoms with Crippen LogP contribution in [0, 0.1) is 0 Å². The summed E-state index contributed by atoms with van der Waals surface area (Å²) >= 11 is 1.58. The molecule has 0 saturated heterocycles. The van der Waals surface area contributed by atoms with Gasteiger partial charge in [-0.05, 0) is 37.5 Å². The number of aryl methyl sites for hydroxylation is 2. The number of nitrogens with zero attached hydrogens (tertiary/aromatic N) is 3. The number of esters is 1. The number of carbonyl (C=O) groups is 2. The van der Waals surface area contributed by atoms with E-state index in [2.05, 4.69) is 34.5 Å². The van der Waals surface area contributed by atoms with Crippen molar-refractivity contribution in [1.82, 2.24) is 14.7 Å². The van der Waals surface area contributed by atoms with Crippen molar-refractivity contribution < 1.29 is 14.3 Å². The normalized spacial score (nSPS) is 13.5. The minimum atomic E-state index is -0.346. The molecule has 4 rings (SSSR count). The first-order chi connectivity index (χ1) is 16.0. The molecule has 0 unspecified atom stereocenters. The number of hydrogen-bond donors (Lipinski definition) is 1. The highest BCUT2D eigenvalue weighted by atomic mass is 32.1. The molecule has 0 saturated carbocycles. The zero-order chi connectivity index (χ0) is 23.2. The first kappa shape index (κ1) is 23.2. The van der Waals surface area contributed by atoms with Crippen LogP contribution in [0.5, 0.6) is 0 Å². The molecular weight excluding hydrogens is 436 g/mol. The number of carbonyl (C=O) groups excluding carboxylic acids is 2. The van der Waals surface area contributed by atoms with Gasteiger partial charge in [-0.3, -0.25) is 14.4 Å². The minimum absolute atomic E-state index is 0.0650. The molecule has 1 aromatic carbocycles. The van der Waals surface area contributed by atoms with E-state index in [1.54, 1.807) is 11.3 Å². The maximum Gasteiger partial charge on any atom is 0.359 e. The third-order valence-electron chi connectivity index (χ3n) is 5.70. The monoisotopic (exact) mass is 466 g/mol. The van der Waals surface area contributed by atoms with E-state index in [1.165, 1.54) is 17.4 Å². The van der Waals surface area contributed by atoms with Crippen LogP contribution in [0.25, 0.3) is 0 Å². The topological polar surface area (TPSA) is 76.5 Å². The first-order valence-electron chi connectivity index (χ1n) is 11.4. The van der Waals surface area contributed by atoms with Crippen molar-refractivity contribution in [1.29, 1.82) is 0 Å². The van der Waals surface area contributed by atoms with E-state index < -0.39 is 0 Å². The van der Waals surface area contributed by atoms with E-state index in [0.717, 1.165) is 55.2 Å². The lowest BCUT2D eigenvalue weighted by Gasteiger charge is -2.27. The molecule has 1 amide bonds. The second kappa shape index (κ2) is 10.8. The Morgan fingerprint density at radius 1 is 1.18 bits per heavy atom. The molecule has 3 heterocycles. The number of anilines is 1. The molecule has 0 atom stereocenters. The quantitative estimate of drug-likeness (QED) is 0.477. The van der Waals surface area contributed by atoms with Crippen LogP contribution in [0.15, 0.2) is 42.5 Å². The number of nitrogens with one attached hydrogen (secondary N) is 1. The van der Waals surface area contributed by atoms with Gasteiger partial charge in [0.15, 0.2) is 5.69 Å². The summed E-state index contributed by atoms with van der Waals surface area (Å²) in [4.78, 5) is 27.4. The summed E-state index contributed by atoms with van der Waals surface area (Å²) in [6, 6.07) is 14.4. The Morgan fingerprint density at radius 3 is 2.76 bits per heavy atom. The van der Waals surface area contributed by atoms with Crippen molar-refractivity contribution in [3.63, 3.8) is 0 Å². The van der Waals surface area contributed by atoms with Crippen molar-refractivity contribution in [3.8, 4) is 0 Å². The van der Waals surface area contributed by atoms with Gasteiger partial charge in [-0.15, -0.1) is 11.3 Å². The number of benzene rings is 1. The number of fused-ring (bicyclic) bond motifs is 1. The zero-order valence-corrected chi connectivity index (χ0v) is 20.0. The van der Waals surface area contributed by atoms with Crippen LogP contribution < -0.4 is 5.32 Å². The van der Waals surface area contributed by atoms with E-state index in [4.69, 9.17) is 9.84 Å². The molecular formula is C25H30N4O3S. The Bertz CT molecular complexity index is 1110. The highest BCUT2D eigenvalue weighted by Crippen LogP contribution is 2.28. The van der Waals surface area contributed by atoms with Crippen LogP contribution in [0.2, 0.25) is 0 Å². The van der Waals surface area contributed by atoms with Gasteiger partial charge in [0, 0.05) is 55.7 Å². The van der Waals surface area contributed by atoms with Crippen molar-refractivity contribution in [2.75, 3.05) is 18.5 Å². The molecule has 174 valence electrons. The maximum atomic E-state index is 12.6. The fraction of sp³-hybridized carbons (Fsp3) is 0.400. The standard InChI is InChI=1S/C25H30N4O3S/c1-3-32-25(31)24-21-17-28(16-20-11-12-23(33-20)26-18(2)30)15-13-22(21)29(27-24)14-7-10-19-8-5-4-6-9-19/h4-6,8-9,11-12H,3,7,10,13-17H2,1-2H3,(H,26,30). The summed E-state index contributed by atoms with van der Waals surface area (Å²) in [6.07, 6.45) is 2.79. The predicted molar refractivity (Wildman–Crippen MR) is 129 cm³/mol. The number of ether oxygens (including phenoxy) is 1. The van der Waals surface area contributed by atoms with Gasteiger partial charge in [-0.1, -0.05) is 30.3 Å². The Kier molecular flexibility index (Phi) is 7.57. The predicted octanol–water partition coefficient (Wildman–Crippen LogP) is 4.27. The molecule has 0 bridgehead atoms. The molecule has 7 nitrogen and oxygen atoms in total. The van der Waals surface area contributed by atoms with Gasteiger partial charge in [0.2, 0.25) is 5.91 Å². The molecule has 8 heteroatoms. The first-order valence-corrected chi connectivity index (χ1v) is 12.2. The van der Waals surface area contributed by atoms with Crippen LogP contribution in [0.4, 0.5) is 5.00 Å². The second-order valence-electron chi connectivity index (χ2n) is 8.21. The molecule has 2 aromatic heterocycles. The van der Waals surface area contributed by atoms with E-state index in [9.17, 15) is 9.59 Å². The highest BCUT2D eigenvalue weighted by Gasteiger charge is 2.29. The minimum Gasteiger partial charge on any atom is -0.461 e. The maximum absolute atomic E-state index is 12.6. The third kappa shape index (κ3) is 5.89. The highest BCUT2D eigenvalue weighted by molar-refractivity contribution is 7.16. The lowest BCUT2D eigenvalue weighted by atomic mass is 10.0. The molecule has 0 aliphatic carbocycles. The van der Waals surface area contributed by atoms with E-state index >= 15 is 0 Å². The van der Waals surface area contributed by atoms with Crippen molar-refractivity contribution in [3.05, 3.63) is 69.9 Å². The van der Waals surface area contributed by atoms with Crippen LogP contribution in [0.1, 0.15) is 52.5 Å². The summed E-state index contributed by atoms with van der Waals surface area (Å²) in [5.74, 6) is -0.411. The molecule has 33 heavy (non-hydrogen) atoms. The van der Waals surface area contributed by atoms with Crippen molar-refractivity contribution in [2.24, 2.45) is 0 Å². The van der Waals surface area contributed by atoms with E-state index in [-0.39, 0.29) is 11.9 Å². The Balaban J connectivity index is 1.47. The number of amides is 1. The van der Waals surface area contributed by atoms with Crippen LogP contribution in [-0.2, 0) is 42.0 Å². The van der Waals surface area contributed by atoms with Gasteiger partial charge >= 0.3 is 5.97 Å². The Hall–Kier alpha value is -2.97. The van der Waals surface area contributed by atoms with E-state index in [0.29, 0.717) is 18.8 Å². The Morgan fingerprint density at radius 2 is 2.00 bits per heavy atom. The number of rotatable bonds is 9. The molecule has 0 fully saturated rings. The van der Waals surface area contributed by atoms with Crippen LogP contribution >= 0.6 is 11.3 Å². The summed E-state index contributed by atoms with van der Waals surface area (Å²) in [5, 5.41) is 8.38. The average molecular weight is 467 g/mol. The summed E-state index contributed by atoms with van der Waals surface area (Å²) in [7, 11) is 0. The molecule has 1 N–H and O–H groups in total. The fourth-order valence-corrected chi connectivity index (χ4v) is 5.23. The summed E-state index contributed by atoms with van der Waals surface area (Å²) in [5.41, 5.74) is 3.89. The van der Waals surface area contributed by atoms with Gasteiger partial charge in [0.1, 0.15) is 0 Å². The Labute approximate surface area is 198 Å². The third-order valence-corrected chi connectivity index (χ3v) is 6.69. The van der Waals surface area contributed by atoms with Gasteiger partial charge in [0.25, 0.3) is 0 Å². The summed E-state index contributed by atoms with van der Waals surface area (Å²) < 4.78 is 7.32. The number of thiophene rings is 1. The van der Waals surface area contributed by atoms with Gasteiger partial charge < -0.3 is 10.1 Å². The largest absolute Gasteiger partial charge is 0.461 e. The number of hydrogen-bond acceptors (Lipinski definition) is 6. The van der Waals surface area contributed by atoms with Gasteiger partial charge in [-0.25, -0.2) is 4.79 Å². The number of aromatic nitrogens is 2. The van der Waals surface area contributed by atoms with Crippen molar-refractivity contribution >= 4 is 28.2 Å². The summed E-state index contributed by atoms with van der Waals surface area (Å²) in [6.45, 7) is 6.77. The molecule has 1 aliphatic rings. The van der Waals surface area contributed by atoms with Gasteiger partial charge in [0.05, 0.1) is 11.6 Å². The molecule has 3 aromatic rings. The zero-order valence-electron chi connectivity index (χ0n) is 19.2. The smallest absolute Gasteiger partial charge is 0.359 e. The van der Waals surface area contributed by atoms with Crippen molar-refractivity contribution in [2.45, 2.75) is 52.7 Å². The van der Waals surface area contributed by atoms with Crippen LogP contribution in [-0.4, -0.2) is 39.7 Å². The SMILES string of the molecule is CCOC(=O)c1nn(CCCc2ccccc2)c2c1CN(Cc1ccc(NC(C)=O)s1)CC2. The fourth-order valence-electron chi connectivity index (χ4n) is 4.23. The second-order valence-corrected chi connectivity index (χ2v) is 9.38. The van der Waals surface area contributed by atoms with E-state index in [1.807, 2.05) is 29.8 Å². The lowest BCUT2D eigenvalue weighted by molar-refractivity contribution is -0.114. The molecule has 0 spiro atoms.